The number of carbonyl (C=O) groups is 1. The summed E-state index contributed by atoms with van der Waals surface area (Å²) >= 11 is 0. The minimum atomic E-state index is -3.11. The van der Waals surface area contributed by atoms with Gasteiger partial charge in [-0.15, -0.1) is 0 Å². The third-order valence-electron chi connectivity index (χ3n) is 4.69. The van der Waals surface area contributed by atoms with E-state index in [1.54, 1.807) is 4.90 Å². The minimum Gasteiger partial charge on any atom is -0.336 e. The first kappa shape index (κ1) is 17.2. The van der Waals surface area contributed by atoms with Crippen LogP contribution in [0.15, 0.2) is 30.3 Å². The molecule has 0 unspecified atom stereocenters. The molecule has 2 aliphatic rings. The number of fused-ring (bicyclic) bond motifs is 1. The van der Waals surface area contributed by atoms with Crippen molar-refractivity contribution in [2.45, 2.75) is 38.5 Å². The molecule has 2 amide bonds. The summed E-state index contributed by atoms with van der Waals surface area (Å²) in [6.45, 7) is 5.79. The largest absolute Gasteiger partial charge is 0.336 e. The summed E-state index contributed by atoms with van der Waals surface area (Å²) in [4.78, 5) is 16.4. The van der Waals surface area contributed by atoms with Crippen LogP contribution in [0.1, 0.15) is 19.4 Å². The van der Waals surface area contributed by atoms with Crippen molar-refractivity contribution in [1.29, 1.82) is 0 Å². The molecule has 1 N–H and O–H groups in total. The molecular weight excluding hydrogens is 326 g/mol. The van der Waals surface area contributed by atoms with Crippen LogP contribution in [-0.4, -0.2) is 67.0 Å². The number of hydrogen-bond acceptors (Lipinski definition) is 4. The van der Waals surface area contributed by atoms with Crippen molar-refractivity contribution in [1.82, 2.24) is 15.1 Å². The standard InChI is InChI=1S/C17H25N3O3S/c1-13(2)18-17(21)20-9-8-19(10-14-6-4-3-5-7-14)15-11-24(22,23)12-16(15)20/h3-7,13,15-16H,8-12H2,1-2H3,(H,18,21)/t15-,16+/m1/s1. The highest BCUT2D eigenvalue weighted by Gasteiger charge is 2.47. The van der Waals surface area contributed by atoms with Crippen molar-refractivity contribution in [2.24, 2.45) is 0 Å². The van der Waals surface area contributed by atoms with Crippen LogP contribution in [0.3, 0.4) is 0 Å². The smallest absolute Gasteiger partial charge is 0.317 e. The number of amides is 2. The molecule has 2 aliphatic heterocycles. The predicted molar refractivity (Wildman–Crippen MR) is 93.5 cm³/mol. The van der Waals surface area contributed by atoms with Crippen molar-refractivity contribution in [3.05, 3.63) is 35.9 Å². The molecule has 2 atom stereocenters. The van der Waals surface area contributed by atoms with Crippen LogP contribution in [0.5, 0.6) is 0 Å². The maximum atomic E-state index is 12.4. The zero-order valence-electron chi connectivity index (χ0n) is 14.2. The van der Waals surface area contributed by atoms with Crippen LogP contribution in [0, 0.1) is 0 Å². The van der Waals surface area contributed by atoms with E-state index in [4.69, 9.17) is 0 Å². The first-order valence-electron chi connectivity index (χ1n) is 8.41. The van der Waals surface area contributed by atoms with Crippen molar-refractivity contribution < 1.29 is 13.2 Å². The summed E-state index contributed by atoms with van der Waals surface area (Å²) in [5.74, 6) is 0.199. The Labute approximate surface area is 143 Å². The molecule has 0 aliphatic carbocycles. The summed E-state index contributed by atoms with van der Waals surface area (Å²) in [6.07, 6.45) is 0. The van der Waals surface area contributed by atoms with Crippen molar-refractivity contribution >= 4 is 15.9 Å². The summed E-state index contributed by atoms with van der Waals surface area (Å²) < 4.78 is 24.4. The van der Waals surface area contributed by atoms with Crippen LogP contribution in [0.25, 0.3) is 0 Å². The fourth-order valence-corrected chi connectivity index (χ4v) is 5.63. The zero-order chi connectivity index (χ0) is 17.3. The van der Waals surface area contributed by atoms with Gasteiger partial charge in [0.25, 0.3) is 0 Å². The highest BCUT2D eigenvalue weighted by atomic mass is 32.2. The molecule has 1 aromatic rings. The third kappa shape index (κ3) is 3.72. The lowest BCUT2D eigenvalue weighted by Crippen LogP contribution is -2.62. The van der Waals surface area contributed by atoms with E-state index in [0.717, 1.165) is 6.54 Å². The lowest BCUT2D eigenvalue weighted by Gasteiger charge is -2.44. The highest BCUT2D eigenvalue weighted by molar-refractivity contribution is 7.91. The Bertz CT molecular complexity index is 690. The van der Waals surface area contributed by atoms with Crippen LogP contribution in [0.2, 0.25) is 0 Å². The Morgan fingerprint density at radius 3 is 2.50 bits per heavy atom. The van der Waals surface area contributed by atoms with Crippen molar-refractivity contribution in [3.8, 4) is 0 Å². The highest BCUT2D eigenvalue weighted by Crippen LogP contribution is 2.28. The van der Waals surface area contributed by atoms with Gasteiger partial charge in [0, 0.05) is 31.7 Å². The van der Waals surface area contributed by atoms with E-state index in [-0.39, 0.29) is 35.7 Å². The first-order chi connectivity index (χ1) is 11.4. The number of piperazine rings is 1. The van der Waals surface area contributed by atoms with Gasteiger partial charge >= 0.3 is 6.03 Å². The second-order valence-electron chi connectivity index (χ2n) is 6.97. The van der Waals surface area contributed by atoms with Gasteiger partial charge in [-0.25, -0.2) is 13.2 Å². The molecular formula is C17H25N3O3S. The number of nitrogens with one attached hydrogen (secondary N) is 1. The number of urea groups is 1. The van der Waals surface area contributed by atoms with E-state index < -0.39 is 9.84 Å². The molecule has 2 saturated heterocycles. The van der Waals surface area contributed by atoms with Crippen LogP contribution < -0.4 is 5.32 Å². The fraction of sp³-hybridized carbons (Fsp3) is 0.588. The second-order valence-corrected chi connectivity index (χ2v) is 9.12. The monoisotopic (exact) mass is 351 g/mol. The molecule has 0 radical (unpaired) electrons. The molecule has 2 fully saturated rings. The summed E-state index contributed by atoms with van der Waals surface area (Å²) in [5, 5.41) is 2.89. The van der Waals surface area contributed by atoms with Gasteiger partial charge in [-0.05, 0) is 19.4 Å². The van der Waals surface area contributed by atoms with Gasteiger partial charge in [-0.3, -0.25) is 4.90 Å². The lowest BCUT2D eigenvalue weighted by molar-refractivity contribution is 0.0600. The number of benzene rings is 1. The van der Waals surface area contributed by atoms with Gasteiger partial charge in [-0.2, -0.15) is 0 Å². The maximum absolute atomic E-state index is 12.4. The quantitative estimate of drug-likeness (QED) is 0.885. The normalized spacial score (nSPS) is 26.4. The molecule has 0 spiro atoms. The average molecular weight is 351 g/mol. The van der Waals surface area contributed by atoms with Crippen molar-refractivity contribution in [3.63, 3.8) is 0 Å². The molecule has 2 heterocycles. The second kappa shape index (κ2) is 6.72. The van der Waals surface area contributed by atoms with E-state index in [9.17, 15) is 13.2 Å². The molecule has 0 bridgehead atoms. The molecule has 7 heteroatoms. The van der Waals surface area contributed by atoms with Gasteiger partial charge in [0.15, 0.2) is 9.84 Å². The topological polar surface area (TPSA) is 69.7 Å². The number of nitrogens with zero attached hydrogens (tertiary/aromatic N) is 2. The zero-order valence-corrected chi connectivity index (χ0v) is 15.0. The third-order valence-corrected chi connectivity index (χ3v) is 6.39. The van der Waals surface area contributed by atoms with Crippen LogP contribution >= 0.6 is 0 Å². The van der Waals surface area contributed by atoms with Crippen LogP contribution in [0.4, 0.5) is 4.79 Å². The molecule has 132 valence electrons. The van der Waals surface area contributed by atoms with Crippen LogP contribution in [-0.2, 0) is 16.4 Å². The number of hydrogen-bond donors (Lipinski definition) is 1. The van der Waals surface area contributed by atoms with Gasteiger partial charge in [0.1, 0.15) is 0 Å². The number of sulfone groups is 1. The van der Waals surface area contributed by atoms with Gasteiger partial charge in [0.2, 0.25) is 0 Å². The Balaban J connectivity index is 1.78. The molecule has 6 nitrogen and oxygen atoms in total. The van der Waals surface area contributed by atoms with E-state index in [2.05, 4.69) is 22.3 Å². The summed E-state index contributed by atoms with van der Waals surface area (Å²) in [5.41, 5.74) is 1.17. The number of carbonyl (C=O) groups excluding carboxylic acids is 1. The van der Waals surface area contributed by atoms with E-state index >= 15 is 0 Å². The average Bonchev–Trinajstić information content (AvgIpc) is 2.83. The number of rotatable bonds is 3. The molecule has 1 aromatic carbocycles. The predicted octanol–water partition coefficient (Wildman–Crippen LogP) is 1.09. The molecule has 0 saturated carbocycles. The maximum Gasteiger partial charge on any atom is 0.317 e. The SMILES string of the molecule is CC(C)NC(=O)N1CCN(Cc2ccccc2)[C@@H]2CS(=O)(=O)C[C@@H]21. The molecule has 0 aromatic heterocycles. The van der Waals surface area contributed by atoms with Gasteiger partial charge in [-0.1, -0.05) is 30.3 Å². The Morgan fingerprint density at radius 2 is 1.83 bits per heavy atom. The van der Waals surface area contributed by atoms with Gasteiger partial charge < -0.3 is 10.2 Å². The molecule has 24 heavy (non-hydrogen) atoms. The van der Waals surface area contributed by atoms with E-state index in [1.165, 1.54) is 5.56 Å². The molecule has 3 rings (SSSR count). The fourth-order valence-electron chi connectivity index (χ4n) is 3.62. The first-order valence-corrected chi connectivity index (χ1v) is 10.2. The summed E-state index contributed by atoms with van der Waals surface area (Å²) in [6, 6.07) is 9.56. The van der Waals surface area contributed by atoms with E-state index in [1.807, 2.05) is 32.0 Å². The van der Waals surface area contributed by atoms with Gasteiger partial charge in [0.05, 0.1) is 17.5 Å². The Kier molecular flexibility index (Phi) is 4.83. The summed E-state index contributed by atoms with van der Waals surface area (Å²) in [7, 11) is -3.11. The minimum absolute atomic E-state index is 0.0382. The Morgan fingerprint density at radius 1 is 1.17 bits per heavy atom. The van der Waals surface area contributed by atoms with Crippen molar-refractivity contribution in [2.75, 3.05) is 24.6 Å². The lowest BCUT2D eigenvalue weighted by atomic mass is 10.0. The van der Waals surface area contributed by atoms with E-state index in [0.29, 0.717) is 13.1 Å². The Hall–Kier alpha value is -1.60.